The number of nitrogens with zero attached hydrogens (tertiary/aromatic N) is 3. The number of hydrogen-bond acceptors (Lipinski definition) is 6. The second kappa shape index (κ2) is 11.6. The van der Waals surface area contributed by atoms with Gasteiger partial charge in [-0.15, -0.1) is 0 Å². The molecule has 2 heterocycles. The SMILES string of the molecule is Cc1cc(-c2ccc(C(F)(F)F)cc2)cc(-c2cccc(-c3cccc(S(=O)(=O)N(CCO)CCO)c3)n2)n1. The number of pyridine rings is 2. The summed E-state index contributed by atoms with van der Waals surface area (Å²) in [5.74, 6) is 0. The Morgan fingerprint density at radius 2 is 1.38 bits per heavy atom. The molecule has 0 aliphatic rings. The largest absolute Gasteiger partial charge is 0.416 e. The molecule has 0 aliphatic carbocycles. The van der Waals surface area contributed by atoms with E-state index >= 15 is 0 Å². The van der Waals surface area contributed by atoms with Crippen molar-refractivity contribution in [3.05, 3.63) is 90.1 Å². The predicted octanol–water partition coefficient (Wildman–Crippen LogP) is 4.78. The van der Waals surface area contributed by atoms with Gasteiger partial charge < -0.3 is 10.2 Å². The lowest BCUT2D eigenvalue weighted by Gasteiger charge is -2.20. The van der Waals surface area contributed by atoms with Crippen molar-refractivity contribution in [2.24, 2.45) is 0 Å². The number of benzene rings is 2. The van der Waals surface area contributed by atoms with Gasteiger partial charge in [-0.2, -0.15) is 17.5 Å². The molecule has 0 spiro atoms. The maximum Gasteiger partial charge on any atom is 0.416 e. The monoisotopic (exact) mass is 557 g/mol. The highest BCUT2D eigenvalue weighted by molar-refractivity contribution is 7.89. The van der Waals surface area contributed by atoms with E-state index in [9.17, 15) is 31.8 Å². The molecule has 4 aromatic rings. The lowest BCUT2D eigenvalue weighted by atomic mass is 10.0. The van der Waals surface area contributed by atoms with Gasteiger partial charge in [-0.3, -0.25) is 4.98 Å². The van der Waals surface area contributed by atoms with E-state index in [0.29, 0.717) is 39.5 Å². The van der Waals surface area contributed by atoms with Crippen molar-refractivity contribution in [2.75, 3.05) is 26.3 Å². The molecule has 2 N–H and O–H groups in total. The van der Waals surface area contributed by atoms with Gasteiger partial charge in [0.25, 0.3) is 0 Å². The number of sulfonamides is 1. The molecular weight excluding hydrogens is 531 g/mol. The second-order valence-corrected chi connectivity index (χ2v) is 10.7. The Morgan fingerprint density at radius 1 is 0.744 bits per heavy atom. The van der Waals surface area contributed by atoms with E-state index in [1.807, 2.05) is 0 Å². The molecule has 204 valence electrons. The molecule has 0 radical (unpaired) electrons. The third-order valence-electron chi connectivity index (χ3n) is 5.98. The fourth-order valence-electron chi connectivity index (χ4n) is 4.10. The number of aryl methyl sites for hydroxylation is 1. The quantitative estimate of drug-likeness (QED) is 0.307. The summed E-state index contributed by atoms with van der Waals surface area (Å²) in [6.07, 6.45) is -4.42. The average Bonchev–Trinajstić information content (AvgIpc) is 2.92. The van der Waals surface area contributed by atoms with Gasteiger partial charge in [-0.25, -0.2) is 13.4 Å². The number of halogens is 3. The summed E-state index contributed by atoms with van der Waals surface area (Å²) >= 11 is 0. The molecule has 0 saturated heterocycles. The summed E-state index contributed by atoms with van der Waals surface area (Å²) in [5.41, 5.74) is 3.22. The summed E-state index contributed by atoms with van der Waals surface area (Å²) in [5, 5.41) is 18.5. The Hall–Kier alpha value is -3.64. The highest BCUT2D eigenvalue weighted by Crippen LogP contribution is 2.32. The van der Waals surface area contributed by atoms with Crippen molar-refractivity contribution in [2.45, 2.75) is 18.0 Å². The summed E-state index contributed by atoms with van der Waals surface area (Å²) in [6.45, 7) is 0.697. The normalized spacial score (nSPS) is 12.2. The summed E-state index contributed by atoms with van der Waals surface area (Å²) in [7, 11) is -3.97. The molecule has 2 aromatic carbocycles. The van der Waals surface area contributed by atoms with Crippen LogP contribution in [0.4, 0.5) is 13.2 Å². The fraction of sp³-hybridized carbons (Fsp3) is 0.214. The van der Waals surface area contributed by atoms with Crippen molar-refractivity contribution in [1.29, 1.82) is 0 Å². The topological polar surface area (TPSA) is 104 Å². The molecule has 39 heavy (non-hydrogen) atoms. The molecule has 11 heteroatoms. The molecule has 0 saturated carbocycles. The summed E-state index contributed by atoms with van der Waals surface area (Å²) < 4.78 is 66.1. The first kappa shape index (κ1) is 28.4. The van der Waals surface area contributed by atoms with Gasteiger partial charge in [-0.05, 0) is 66.6 Å². The van der Waals surface area contributed by atoms with Crippen molar-refractivity contribution in [3.8, 4) is 33.8 Å². The number of aliphatic hydroxyl groups is 2. The molecule has 4 rings (SSSR count). The highest BCUT2D eigenvalue weighted by Gasteiger charge is 2.30. The molecule has 0 aliphatic heterocycles. The smallest absolute Gasteiger partial charge is 0.395 e. The molecule has 7 nitrogen and oxygen atoms in total. The Kier molecular flexibility index (Phi) is 8.45. The lowest BCUT2D eigenvalue weighted by Crippen LogP contribution is -2.35. The summed E-state index contributed by atoms with van der Waals surface area (Å²) in [4.78, 5) is 9.22. The van der Waals surface area contributed by atoms with Crippen LogP contribution in [0.15, 0.2) is 83.8 Å². The molecule has 0 fully saturated rings. The fourth-order valence-corrected chi connectivity index (χ4v) is 5.57. The Bertz CT molecular complexity index is 1550. The molecular formula is C28H26F3N3O4S. The van der Waals surface area contributed by atoms with E-state index in [0.717, 1.165) is 16.4 Å². The van der Waals surface area contributed by atoms with Gasteiger partial charge in [0.15, 0.2) is 0 Å². The lowest BCUT2D eigenvalue weighted by molar-refractivity contribution is -0.137. The van der Waals surface area contributed by atoms with Crippen LogP contribution < -0.4 is 0 Å². The number of hydrogen-bond donors (Lipinski definition) is 2. The molecule has 2 aromatic heterocycles. The van der Waals surface area contributed by atoms with Crippen LogP contribution in [0.3, 0.4) is 0 Å². The van der Waals surface area contributed by atoms with Crippen LogP contribution in [0.1, 0.15) is 11.3 Å². The van der Waals surface area contributed by atoms with Crippen LogP contribution in [0.5, 0.6) is 0 Å². The van der Waals surface area contributed by atoms with Crippen LogP contribution in [0.25, 0.3) is 33.8 Å². The van der Waals surface area contributed by atoms with Gasteiger partial charge in [0.2, 0.25) is 10.0 Å². The average molecular weight is 558 g/mol. The zero-order valence-corrected chi connectivity index (χ0v) is 21.7. The van der Waals surface area contributed by atoms with E-state index < -0.39 is 21.8 Å². The van der Waals surface area contributed by atoms with E-state index in [1.54, 1.807) is 49.4 Å². The maximum atomic E-state index is 13.1. The standard InChI is InChI=1S/C28H26F3N3O4S/c1-19-16-22(20-8-10-23(11-9-20)28(29,30)31)18-27(32-19)26-7-3-6-25(33-26)21-4-2-5-24(17-21)39(37,38)34(12-14-35)13-15-36/h2-11,16-18,35-36H,12-15H2,1H3. The molecule has 0 unspecified atom stereocenters. The van der Waals surface area contributed by atoms with E-state index in [2.05, 4.69) is 9.97 Å². The number of rotatable bonds is 9. The Morgan fingerprint density at radius 3 is 2.03 bits per heavy atom. The second-order valence-electron chi connectivity index (χ2n) is 8.74. The van der Waals surface area contributed by atoms with Crippen LogP contribution in [-0.2, 0) is 16.2 Å². The van der Waals surface area contributed by atoms with Gasteiger partial charge in [0.05, 0.1) is 40.8 Å². The molecule has 0 atom stereocenters. The van der Waals surface area contributed by atoms with Crippen molar-refractivity contribution < 1.29 is 31.8 Å². The van der Waals surface area contributed by atoms with E-state index in [4.69, 9.17) is 0 Å². The maximum absolute atomic E-state index is 13.1. The molecule has 0 bridgehead atoms. The highest BCUT2D eigenvalue weighted by atomic mass is 32.2. The van der Waals surface area contributed by atoms with E-state index in [-0.39, 0.29) is 31.2 Å². The minimum atomic E-state index is -4.42. The van der Waals surface area contributed by atoms with Gasteiger partial charge in [0.1, 0.15) is 0 Å². The Balaban J connectivity index is 1.69. The first-order chi connectivity index (χ1) is 18.5. The number of aliphatic hydroxyl groups excluding tert-OH is 2. The number of alkyl halides is 3. The van der Waals surface area contributed by atoms with Gasteiger partial charge in [0, 0.05) is 24.3 Å². The van der Waals surface area contributed by atoms with Crippen molar-refractivity contribution in [1.82, 2.24) is 14.3 Å². The van der Waals surface area contributed by atoms with Crippen LogP contribution in [0.2, 0.25) is 0 Å². The minimum absolute atomic E-state index is 0.00706. The van der Waals surface area contributed by atoms with Crippen LogP contribution in [0, 0.1) is 6.92 Å². The molecule has 0 amide bonds. The summed E-state index contributed by atoms with van der Waals surface area (Å²) in [6, 6.07) is 19.8. The van der Waals surface area contributed by atoms with Crippen molar-refractivity contribution in [3.63, 3.8) is 0 Å². The minimum Gasteiger partial charge on any atom is -0.395 e. The zero-order valence-electron chi connectivity index (χ0n) is 20.9. The first-order valence-corrected chi connectivity index (χ1v) is 13.4. The van der Waals surface area contributed by atoms with Crippen molar-refractivity contribution >= 4 is 10.0 Å². The first-order valence-electron chi connectivity index (χ1n) is 12.0. The van der Waals surface area contributed by atoms with Crippen LogP contribution >= 0.6 is 0 Å². The van der Waals surface area contributed by atoms with Gasteiger partial charge >= 0.3 is 6.18 Å². The zero-order chi connectivity index (χ0) is 28.2. The Labute approximate surface area is 224 Å². The van der Waals surface area contributed by atoms with E-state index in [1.165, 1.54) is 24.3 Å². The number of aromatic nitrogens is 2. The predicted molar refractivity (Wildman–Crippen MR) is 141 cm³/mol. The van der Waals surface area contributed by atoms with Crippen LogP contribution in [-0.4, -0.2) is 59.2 Å². The third kappa shape index (κ3) is 6.51. The third-order valence-corrected chi connectivity index (χ3v) is 7.87. The van der Waals surface area contributed by atoms with Gasteiger partial charge in [-0.1, -0.05) is 30.3 Å².